The van der Waals surface area contributed by atoms with Gasteiger partial charge in [0.05, 0.1) is 18.6 Å². The minimum atomic E-state index is -1.74. The maximum atomic E-state index is 11.8. The Labute approximate surface area is 113 Å². The Hall–Kier alpha value is -1.92. The molecule has 4 atom stereocenters. The molecule has 2 rings (SSSR count). The van der Waals surface area contributed by atoms with Crippen LogP contribution in [-0.2, 0) is 10.6 Å². The van der Waals surface area contributed by atoms with E-state index in [4.69, 9.17) is 16.9 Å². The van der Waals surface area contributed by atoms with Gasteiger partial charge < -0.3 is 14.9 Å². The molecule has 0 aliphatic carbocycles. The van der Waals surface area contributed by atoms with E-state index in [1.54, 1.807) is 0 Å². The molecule has 1 aliphatic heterocycles. The molecule has 8 heteroatoms. The lowest BCUT2D eigenvalue weighted by Gasteiger charge is -2.31. The van der Waals surface area contributed by atoms with E-state index in [2.05, 4.69) is 5.92 Å². The highest BCUT2D eigenvalue weighted by Gasteiger charge is 2.53. The van der Waals surface area contributed by atoms with Crippen LogP contribution in [0, 0.1) is 18.3 Å². The molecule has 0 aromatic carbocycles. The van der Waals surface area contributed by atoms with Crippen molar-refractivity contribution in [3.8, 4) is 12.3 Å². The van der Waals surface area contributed by atoms with Crippen molar-refractivity contribution in [3.05, 3.63) is 33.1 Å². The number of ether oxygens (including phenoxy) is 1. The summed E-state index contributed by atoms with van der Waals surface area (Å²) in [5.74, 6) is -0.182. The second-order valence-electron chi connectivity index (χ2n) is 4.58. The molecular formula is C12H15N3O5. The van der Waals surface area contributed by atoms with Crippen molar-refractivity contribution in [2.75, 3.05) is 6.61 Å². The molecule has 20 heavy (non-hydrogen) atoms. The third-order valence-electron chi connectivity index (χ3n) is 3.38. The van der Waals surface area contributed by atoms with Gasteiger partial charge in [-0.2, -0.15) is 0 Å². The molecular weight excluding hydrogens is 266 g/mol. The van der Waals surface area contributed by atoms with Crippen LogP contribution in [0.3, 0.4) is 0 Å². The number of H-pyrrole nitrogens is 1. The van der Waals surface area contributed by atoms with Crippen LogP contribution in [-0.4, -0.2) is 38.6 Å². The minimum absolute atomic E-state index is 0.0414. The first-order valence-corrected chi connectivity index (χ1v) is 5.95. The zero-order valence-corrected chi connectivity index (χ0v) is 10.5. The second-order valence-corrected chi connectivity index (χ2v) is 4.58. The van der Waals surface area contributed by atoms with E-state index in [0.29, 0.717) is 0 Å². The summed E-state index contributed by atoms with van der Waals surface area (Å²) in [4.78, 5) is 25.0. The largest absolute Gasteiger partial charge is 0.394 e. The van der Waals surface area contributed by atoms with E-state index >= 15 is 0 Å². The van der Waals surface area contributed by atoms with Gasteiger partial charge >= 0.3 is 5.69 Å². The summed E-state index contributed by atoms with van der Waals surface area (Å²) in [6, 6.07) is 1.10. The maximum absolute atomic E-state index is 11.8. The first-order valence-electron chi connectivity index (χ1n) is 5.95. The Morgan fingerprint density at radius 2 is 2.30 bits per heavy atom. The Morgan fingerprint density at radius 3 is 2.85 bits per heavy atom. The summed E-state index contributed by atoms with van der Waals surface area (Å²) in [5.41, 5.74) is 4.70. The van der Waals surface area contributed by atoms with Crippen LogP contribution in [0.5, 0.6) is 0 Å². The first-order chi connectivity index (χ1) is 9.43. The molecule has 1 aromatic heterocycles. The summed E-state index contributed by atoms with van der Waals surface area (Å²) in [7, 11) is 0. The van der Waals surface area contributed by atoms with Crippen molar-refractivity contribution in [3.63, 3.8) is 0 Å². The number of aromatic nitrogens is 2. The van der Waals surface area contributed by atoms with Crippen LogP contribution in [0.15, 0.2) is 21.9 Å². The number of hydrogen-bond acceptors (Lipinski definition) is 6. The van der Waals surface area contributed by atoms with Gasteiger partial charge in [0.1, 0.15) is 6.10 Å². The fraction of sp³-hybridized carbons (Fsp3) is 0.500. The smallest absolute Gasteiger partial charge is 0.331 e. The zero-order valence-electron chi connectivity index (χ0n) is 10.5. The van der Waals surface area contributed by atoms with E-state index < -0.39 is 41.8 Å². The molecule has 0 radical (unpaired) electrons. The van der Waals surface area contributed by atoms with Crippen molar-refractivity contribution < 1.29 is 14.9 Å². The van der Waals surface area contributed by atoms with Gasteiger partial charge in [0.2, 0.25) is 5.85 Å². The van der Waals surface area contributed by atoms with E-state index in [9.17, 15) is 19.8 Å². The molecule has 5 N–H and O–H groups in total. The number of aromatic amines is 1. The van der Waals surface area contributed by atoms with Crippen molar-refractivity contribution in [2.24, 2.45) is 11.7 Å². The predicted octanol–water partition coefficient (Wildman–Crippen LogP) is -2.50. The highest BCUT2D eigenvalue weighted by Crippen LogP contribution is 2.37. The van der Waals surface area contributed by atoms with Crippen LogP contribution in [0.2, 0.25) is 0 Å². The zero-order chi connectivity index (χ0) is 14.9. The summed E-state index contributed by atoms with van der Waals surface area (Å²) < 4.78 is 6.36. The Kier molecular flexibility index (Phi) is 3.78. The van der Waals surface area contributed by atoms with E-state index in [-0.39, 0.29) is 6.42 Å². The summed E-state index contributed by atoms with van der Waals surface area (Å²) in [6.45, 7) is -0.473. The second kappa shape index (κ2) is 5.22. The van der Waals surface area contributed by atoms with Crippen molar-refractivity contribution in [1.82, 2.24) is 9.55 Å². The number of aliphatic hydroxyl groups excluding tert-OH is 2. The van der Waals surface area contributed by atoms with Crippen LogP contribution in [0.25, 0.3) is 0 Å². The van der Waals surface area contributed by atoms with Crippen LogP contribution < -0.4 is 17.0 Å². The van der Waals surface area contributed by atoms with Gasteiger partial charge in [-0.05, 0) is 0 Å². The lowest BCUT2D eigenvalue weighted by Crippen LogP contribution is -2.55. The van der Waals surface area contributed by atoms with Gasteiger partial charge in [-0.25, -0.2) is 4.79 Å². The molecule has 0 amide bonds. The van der Waals surface area contributed by atoms with E-state index in [0.717, 1.165) is 16.8 Å². The average molecular weight is 281 g/mol. The minimum Gasteiger partial charge on any atom is -0.394 e. The summed E-state index contributed by atoms with van der Waals surface area (Å²) >= 11 is 0. The number of nitrogens with two attached hydrogens (primary N) is 1. The highest BCUT2D eigenvalue weighted by atomic mass is 16.6. The number of nitrogens with one attached hydrogen (secondary N) is 1. The molecule has 0 saturated carbocycles. The molecule has 1 fully saturated rings. The van der Waals surface area contributed by atoms with Crippen molar-refractivity contribution in [2.45, 2.75) is 24.5 Å². The third kappa shape index (κ3) is 2.17. The number of nitrogens with zero attached hydrogens (tertiary/aromatic N) is 1. The molecule has 0 spiro atoms. The van der Waals surface area contributed by atoms with Crippen molar-refractivity contribution >= 4 is 0 Å². The number of hydrogen-bond donors (Lipinski definition) is 4. The quantitative estimate of drug-likeness (QED) is 0.453. The van der Waals surface area contributed by atoms with E-state index in [1.807, 2.05) is 4.98 Å². The van der Waals surface area contributed by atoms with Gasteiger partial charge in [0.15, 0.2) is 0 Å². The lowest BCUT2D eigenvalue weighted by atomic mass is 9.93. The number of rotatable bonds is 3. The average Bonchev–Trinajstić information content (AvgIpc) is 2.64. The predicted molar refractivity (Wildman–Crippen MR) is 68.4 cm³/mol. The van der Waals surface area contributed by atoms with Gasteiger partial charge in [0.25, 0.3) is 5.56 Å². The fourth-order valence-corrected chi connectivity index (χ4v) is 2.37. The molecule has 0 unspecified atom stereocenters. The molecule has 8 nitrogen and oxygen atoms in total. The highest BCUT2D eigenvalue weighted by molar-refractivity contribution is 5.03. The fourth-order valence-electron chi connectivity index (χ4n) is 2.37. The summed E-state index contributed by atoms with van der Waals surface area (Å²) in [6.07, 6.45) is 4.36. The monoisotopic (exact) mass is 281 g/mol. The summed E-state index contributed by atoms with van der Waals surface area (Å²) in [5, 5.41) is 19.3. The molecule has 1 aromatic rings. The van der Waals surface area contributed by atoms with Crippen LogP contribution in [0.4, 0.5) is 0 Å². The van der Waals surface area contributed by atoms with Gasteiger partial charge in [-0.15, -0.1) is 12.3 Å². The molecule has 1 aliphatic rings. The first kappa shape index (κ1) is 14.5. The Morgan fingerprint density at radius 1 is 1.60 bits per heavy atom. The normalized spacial score (nSPS) is 33.0. The van der Waals surface area contributed by atoms with Crippen LogP contribution in [0.1, 0.15) is 6.42 Å². The third-order valence-corrected chi connectivity index (χ3v) is 3.38. The molecule has 108 valence electrons. The van der Waals surface area contributed by atoms with E-state index in [1.165, 1.54) is 0 Å². The molecule has 1 saturated heterocycles. The van der Waals surface area contributed by atoms with Gasteiger partial charge in [-0.1, -0.05) is 0 Å². The lowest BCUT2D eigenvalue weighted by molar-refractivity contribution is -0.128. The van der Waals surface area contributed by atoms with Crippen molar-refractivity contribution in [1.29, 1.82) is 0 Å². The molecule has 2 heterocycles. The van der Waals surface area contributed by atoms with Gasteiger partial charge in [0, 0.05) is 18.7 Å². The Bertz CT molecular complexity index is 645. The Balaban J connectivity index is 2.53. The number of terminal acetylenes is 1. The molecule has 0 bridgehead atoms. The SMILES string of the molecule is C#CC[C@@H]1[C@H](O)[C@@H](CO)O[C@@]1(N)n1ccc(=O)[nH]c1=O. The standard InChI is InChI=1S/C12H15N3O5/c1-2-3-7-10(18)8(6-16)20-12(7,13)15-5-4-9(17)14-11(15)19/h1,4-5,7-8,10,16,18H,3,6,13H2,(H,14,17,19)/t7-,8-,10+,12+/m1/s1. The van der Waals surface area contributed by atoms with Crippen LogP contribution >= 0.6 is 0 Å². The maximum Gasteiger partial charge on any atom is 0.331 e. The number of aliphatic hydroxyl groups is 2. The van der Waals surface area contributed by atoms with Gasteiger partial charge in [-0.3, -0.25) is 20.1 Å². The topological polar surface area (TPSA) is 131 Å².